The molecule has 0 fully saturated rings. The molecule has 2 N–H and O–H groups in total. The predicted octanol–water partition coefficient (Wildman–Crippen LogP) is 6.75. The number of thioether (sulfide) groups is 1. The van der Waals surface area contributed by atoms with E-state index >= 15 is 0 Å². The first kappa shape index (κ1) is 32.5. The highest BCUT2D eigenvalue weighted by Crippen LogP contribution is 2.33. The van der Waals surface area contributed by atoms with Crippen molar-refractivity contribution in [1.82, 2.24) is 0 Å². The Hall–Kier alpha value is -3.42. The minimum atomic E-state index is -4.19. The van der Waals surface area contributed by atoms with Gasteiger partial charge in [0, 0.05) is 20.6 Å². The SMILES string of the molecule is CCOc1ccccc1N(CC(=O)Nc1ccc(S(=O)(=O)Nc2cc(Cl)cc(Cl)c2)cc1)S(=O)(=O)c1ccc(SC)cc1. The molecule has 4 aromatic rings. The summed E-state index contributed by atoms with van der Waals surface area (Å²) in [7, 11) is -8.19. The van der Waals surface area contributed by atoms with Crippen LogP contribution in [0.4, 0.5) is 17.1 Å². The second-order valence-electron chi connectivity index (χ2n) is 8.92. The van der Waals surface area contributed by atoms with E-state index in [4.69, 9.17) is 27.9 Å². The fourth-order valence-corrected chi connectivity index (χ4v) is 7.40. The number of halogens is 2. The normalized spacial score (nSPS) is 11.5. The molecule has 0 atom stereocenters. The van der Waals surface area contributed by atoms with E-state index in [1.807, 2.05) is 6.26 Å². The van der Waals surface area contributed by atoms with Gasteiger partial charge in [0.15, 0.2) is 0 Å². The number of nitrogens with zero attached hydrogens (tertiary/aromatic N) is 1. The van der Waals surface area contributed by atoms with E-state index < -0.39 is 32.5 Å². The molecule has 0 aliphatic carbocycles. The Bertz CT molecular complexity index is 1800. The molecule has 0 aromatic heterocycles. The van der Waals surface area contributed by atoms with Crippen LogP contribution in [0, 0.1) is 0 Å². The molecule has 0 bridgehead atoms. The maximum Gasteiger partial charge on any atom is 0.264 e. The van der Waals surface area contributed by atoms with Crippen molar-refractivity contribution in [3.05, 3.63) is 101 Å². The number of nitrogens with one attached hydrogen (secondary N) is 2. The van der Waals surface area contributed by atoms with Crippen molar-refractivity contribution in [2.75, 3.05) is 33.8 Å². The summed E-state index contributed by atoms with van der Waals surface area (Å²) >= 11 is 13.4. The molecular formula is C29H27Cl2N3O6S3. The van der Waals surface area contributed by atoms with Gasteiger partial charge in [-0.15, -0.1) is 11.8 Å². The number of ether oxygens (including phenoxy) is 1. The summed E-state index contributed by atoms with van der Waals surface area (Å²) in [5, 5.41) is 3.17. The van der Waals surface area contributed by atoms with E-state index in [1.54, 1.807) is 43.3 Å². The number of para-hydroxylation sites is 2. The van der Waals surface area contributed by atoms with Crippen LogP contribution in [0.5, 0.6) is 5.75 Å². The molecule has 0 radical (unpaired) electrons. The number of amides is 1. The van der Waals surface area contributed by atoms with Crippen LogP contribution < -0.4 is 19.1 Å². The molecule has 4 aromatic carbocycles. The largest absolute Gasteiger partial charge is 0.492 e. The Labute approximate surface area is 265 Å². The Morgan fingerprint density at radius 1 is 0.837 bits per heavy atom. The second-order valence-corrected chi connectivity index (χ2v) is 14.2. The minimum absolute atomic E-state index is 0.00690. The summed E-state index contributed by atoms with van der Waals surface area (Å²) in [6.45, 7) is 1.48. The van der Waals surface area contributed by atoms with Crippen LogP contribution in [0.3, 0.4) is 0 Å². The number of hydrogen-bond donors (Lipinski definition) is 2. The van der Waals surface area contributed by atoms with Crippen molar-refractivity contribution in [3.63, 3.8) is 0 Å². The molecular weight excluding hydrogens is 653 g/mol. The third-order valence-corrected chi connectivity index (χ3v) is 10.3. The average Bonchev–Trinajstić information content (AvgIpc) is 2.96. The van der Waals surface area contributed by atoms with Gasteiger partial charge in [-0.2, -0.15) is 0 Å². The third-order valence-electron chi connectivity index (χ3n) is 5.93. The van der Waals surface area contributed by atoms with E-state index in [9.17, 15) is 21.6 Å². The minimum Gasteiger partial charge on any atom is -0.492 e. The van der Waals surface area contributed by atoms with Gasteiger partial charge in [-0.1, -0.05) is 35.3 Å². The van der Waals surface area contributed by atoms with Crippen LogP contribution in [0.1, 0.15) is 6.92 Å². The average molecular weight is 681 g/mol. The van der Waals surface area contributed by atoms with Gasteiger partial charge in [-0.05, 0) is 92.0 Å². The summed E-state index contributed by atoms with van der Waals surface area (Å²) in [6, 6.07) is 22.6. The lowest BCUT2D eigenvalue weighted by molar-refractivity contribution is -0.114. The molecule has 0 saturated heterocycles. The van der Waals surface area contributed by atoms with Crippen LogP contribution >= 0.6 is 35.0 Å². The molecule has 0 aliphatic heterocycles. The van der Waals surface area contributed by atoms with Crippen LogP contribution in [0.2, 0.25) is 10.0 Å². The van der Waals surface area contributed by atoms with E-state index in [1.165, 1.54) is 66.4 Å². The van der Waals surface area contributed by atoms with E-state index in [2.05, 4.69) is 10.0 Å². The zero-order valence-corrected chi connectivity index (χ0v) is 26.9. The van der Waals surface area contributed by atoms with Gasteiger partial charge in [0.2, 0.25) is 5.91 Å². The monoisotopic (exact) mass is 679 g/mol. The number of benzene rings is 4. The van der Waals surface area contributed by atoms with Crippen LogP contribution in [-0.4, -0.2) is 42.2 Å². The number of carbonyl (C=O) groups excluding carboxylic acids is 1. The van der Waals surface area contributed by atoms with Gasteiger partial charge in [-0.25, -0.2) is 16.8 Å². The fraction of sp³-hybridized carbons (Fsp3) is 0.138. The van der Waals surface area contributed by atoms with Crippen molar-refractivity contribution in [2.45, 2.75) is 21.6 Å². The van der Waals surface area contributed by atoms with Crippen LogP contribution in [-0.2, 0) is 24.8 Å². The number of hydrogen-bond acceptors (Lipinski definition) is 7. The molecule has 0 aliphatic rings. The maximum absolute atomic E-state index is 13.8. The number of anilines is 3. The summed E-state index contributed by atoms with van der Waals surface area (Å²) in [5.74, 6) is -0.358. The van der Waals surface area contributed by atoms with E-state index in [0.29, 0.717) is 5.75 Å². The first-order valence-corrected chi connectivity index (χ1v) is 17.6. The number of sulfonamides is 2. The Morgan fingerprint density at radius 2 is 1.44 bits per heavy atom. The molecule has 4 rings (SSSR count). The molecule has 0 unspecified atom stereocenters. The molecule has 9 nitrogen and oxygen atoms in total. The van der Waals surface area contributed by atoms with Crippen LogP contribution in [0.25, 0.3) is 0 Å². The summed E-state index contributed by atoms with van der Waals surface area (Å²) in [6.07, 6.45) is 1.88. The van der Waals surface area contributed by atoms with Crippen molar-refractivity contribution in [2.24, 2.45) is 0 Å². The maximum atomic E-state index is 13.8. The molecule has 0 spiro atoms. The second kappa shape index (κ2) is 13.9. The van der Waals surface area contributed by atoms with Crippen molar-refractivity contribution >= 4 is 78.0 Å². The van der Waals surface area contributed by atoms with Crippen molar-refractivity contribution < 1.29 is 26.4 Å². The zero-order valence-electron chi connectivity index (χ0n) is 23.0. The fourth-order valence-electron chi connectivity index (χ4n) is 3.99. The highest BCUT2D eigenvalue weighted by molar-refractivity contribution is 7.98. The summed E-state index contributed by atoms with van der Waals surface area (Å²) < 4.78 is 62.4. The molecule has 0 saturated carbocycles. The highest BCUT2D eigenvalue weighted by atomic mass is 35.5. The van der Waals surface area contributed by atoms with Gasteiger partial charge >= 0.3 is 0 Å². The summed E-state index contributed by atoms with van der Waals surface area (Å²) in [5.41, 5.74) is 0.642. The molecule has 1 amide bonds. The lowest BCUT2D eigenvalue weighted by atomic mass is 10.3. The van der Waals surface area contributed by atoms with Gasteiger partial charge in [0.25, 0.3) is 20.0 Å². The number of rotatable bonds is 12. The molecule has 0 heterocycles. The molecule has 43 heavy (non-hydrogen) atoms. The Balaban J connectivity index is 1.57. The van der Waals surface area contributed by atoms with Crippen LogP contribution in [0.15, 0.2) is 106 Å². The first-order chi connectivity index (χ1) is 20.4. The van der Waals surface area contributed by atoms with E-state index in [-0.39, 0.29) is 43.5 Å². The Kier molecular flexibility index (Phi) is 10.5. The third kappa shape index (κ3) is 8.15. The van der Waals surface area contributed by atoms with Crippen molar-refractivity contribution in [1.29, 1.82) is 0 Å². The zero-order chi connectivity index (χ0) is 31.2. The topological polar surface area (TPSA) is 122 Å². The summed E-state index contributed by atoms with van der Waals surface area (Å²) in [4.78, 5) is 14.0. The number of carbonyl (C=O) groups is 1. The van der Waals surface area contributed by atoms with Gasteiger partial charge in [0.1, 0.15) is 12.3 Å². The van der Waals surface area contributed by atoms with Gasteiger partial charge in [0.05, 0.1) is 27.8 Å². The van der Waals surface area contributed by atoms with Gasteiger partial charge < -0.3 is 10.1 Å². The Morgan fingerprint density at radius 3 is 2.05 bits per heavy atom. The van der Waals surface area contributed by atoms with Crippen molar-refractivity contribution in [3.8, 4) is 5.75 Å². The quantitative estimate of drug-likeness (QED) is 0.159. The van der Waals surface area contributed by atoms with Gasteiger partial charge in [-0.3, -0.25) is 13.8 Å². The lowest BCUT2D eigenvalue weighted by Gasteiger charge is -2.26. The smallest absolute Gasteiger partial charge is 0.264 e. The standard InChI is InChI=1S/C29H27Cl2N3O6S3/c1-3-40-28-7-5-4-6-27(28)34(43(38,39)26-14-10-24(41-2)11-15-26)19-29(35)32-22-8-12-25(13-9-22)42(36,37)33-23-17-20(30)16-21(31)18-23/h4-18,33H,3,19H2,1-2H3,(H,32,35). The molecule has 226 valence electrons. The predicted molar refractivity (Wildman–Crippen MR) is 173 cm³/mol. The molecule has 14 heteroatoms. The highest BCUT2D eigenvalue weighted by Gasteiger charge is 2.29. The first-order valence-electron chi connectivity index (χ1n) is 12.7. The van der Waals surface area contributed by atoms with E-state index in [0.717, 1.165) is 9.20 Å². The lowest BCUT2D eigenvalue weighted by Crippen LogP contribution is -2.38.